The van der Waals surface area contributed by atoms with Gasteiger partial charge in [-0.05, 0) is 63.4 Å². The van der Waals surface area contributed by atoms with Crippen molar-refractivity contribution in [3.05, 3.63) is 82.7 Å². The Bertz CT molecular complexity index is 1220. The molecule has 0 aliphatic heterocycles. The van der Waals surface area contributed by atoms with Crippen molar-refractivity contribution in [3.63, 3.8) is 0 Å². The maximum atomic E-state index is 13.1. The average Bonchev–Trinajstić information content (AvgIpc) is 3.58. The second-order valence-corrected chi connectivity index (χ2v) is 8.26. The lowest BCUT2D eigenvalue weighted by Crippen LogP contribution is -2.35. The van der Waals surface area contributed by atoms with Crippen LogP contribution >= 0.6 is 0 Å². The minimum Gasteiger partial charge on any atom is -0.464 e. The van der Waals surface area contributed by atoms with E-state index in [0.717, 1.165) is 29.8 Å². The average molecular weight is 443 g/mol. The van der Waals surface area contributed by atoms with Gasteiger partial charge in [-0.25, -0.2) is 9.48 Å². The fraction of sp³-hybridized carbons (Fsp3) is 0.308. The number of nitriles is 1. The van der Waals surface area contributed by atoms with E-state index in [1.807, 2.05) is 56.3 Å². The first kappa shape index (κ1) is 22.3. The third-order valence-electron chi connectivity index (χ3n) is 6.10. The molecule has 1 aliphatic carbocycles. The fourth-order valence-electron chi connectivity index (χ4n) is 4.11. The summed E-state index contributed by atoms with van der Waals surface area (Å²) in [5.74, 6) is -0.935. The zero-order valence-corrected chi connectivity index (χ0v) is 19.0. The van der Waals surface area contributed by atoms with Crippen LogP contribution in [0, 0.1) is 25.2 Å². The SMILES string of the molecule is CCOC(=O)[C@H](NC(=O)c1ccc(C2(C#N)CC2)cc1)c1c(C)nn(-c2ccccc2)c1C. The Kier molecular flexibility index (Phi) is 6.01. The highest BCUT2D eigenvalue weighted by Crippen LogP contribution is 2.47. The number of nitrogens with one attached hydrogen (secondary N) is 1. The van der Waals surface area contributed by atoms with E-state index in [1.54, 1.807) is 23.7 Å². The van der Waals surface area contributed by atoms with Crippen LogP contribution in [0.15, 0.2) is 54.6 Å². The zero-order chi connectivity index (χ0) is 23.6. The molecule has 1 heterocycles. The number of rotatable bonds is 7. The van der Waals surface area contributed by atoms with Gasteiger partial charge in [-0.1, -0.05) is 30.3 Å². The highest BCUT2D eigenvalue weighted by Gasteiger charge is 2.44. The summed E-state index contributed by atoms with van der Waals surface area (Å²) in [4.78, 5) is 26.0. The number of ether oxygens (including phenoxy) is 1. The van der Waals surface area contributed by atoms with Crippen molar-refractivity contribution in [3.8, 4) is 11.8 Å². The summed E-state index contributed by atoms with van der Waals surface area (Å²) in [6, 6.07) is 18.0. The van der Waals surface area contributed by atoms with Crippen LogP contribution < -0.4 is 5.32 Å². The van der Waals surface area contributed by atoms with E-state index < -0.39 is 23.3 Å². The second kappa shape index (κ2) is 8.91. The Morgan fingerprint density at radius 1 is 1.15 bits per heavy atom. The molecule has 7 heteroatoms. The largest absolute Gasteiger partial charge is 0.464 e. The van der Waals surface area contributed by atoms with Crippen LogP contribution in [0.2, 0.25) is 0 Å². The van der Waals surface area contributed by atoms with Crippen molar-refractivity contribution in [2.75, 3.05) is 6.61 Å². The smallest absolute Gasteiger partial charge is 0.333 e. The summed E-state index contributed by atoms with van der Waals surface area (Å²) in [5, 5.41) is 16.8. The molecule has 1 fully saturated rings. The van der Waals surface area contributed by atoms with Gasteiger partial charge >= 0.3 is 5.97 Å². The van der Waals surface area contributed by atoms with Crippen molar-refractivity contribution < 1.29 is 14.3 Å². The standard InChI is InChI=1S/C26H26N4O3/c1-4-33-25(32)23(22-17(2)29-30(18(22)3)21-8-6-5-7-9-21)28-24(31)19-10-12-20(13-11-19)26(16-27)14-15-26/h5-13,23H,4,14-15H2,1-3H3,(H,28,31)/t23-/m1/s1. The van der Waals surface area contributed by atoms with Crippen LogP contribution in [-0.4, -0.2) is 28.3 Å². The number of hydrogen-bond acceptors (Lipinski definition) is 5. The molecule has 1 amide bonds. The van der Waals surface area contributed by atoms with E-state index in [4.69, 9.17) is 4.74 Å². The Labute approximate surface area is 193 Å². The lowest BCUT2D eigenvalue weighted by molar-refractivity contribution is -0.145. The molecular formula is C26H26N4O3. The molecule has 0 saturated heterocycles. The number of carbonyl (C=O) groups is 2. The summed E-state index contributed by atoms with van der Waals surface area (Å²) in [6.45, 7) is 5.60. The number of para-hydroxylation sites is 1. The number of nitrogens with zero attached hydrogens (tertiary/aromatic N) is 3. The van der Waals surface area contributed by atoms with Gasteiger partial charge < -0.3 is 10.1 Å². The van der Waals surface area contributed by atoms with E-state index in [9.17, 15) is 14.9 Å². The molecule has 33 heavy (non-hydrogen) atoms. The molecule has 1 saturated carbocycles. The van der Waals surface area contributed by atoms with Crippen LogP contribution in [0.1, 0.15) is 58.7 Å². The Balaban J connectivity index is 1.64. The van der Waals surface area contributed by atoms with E-state index in [2.05, 4.69) is 16.5 Å². The molecule has 4 rings (SSSR count). The lowest BCUT2D eigenvalue weighted by Gasteiger charge is -2.18. The molecule has 7 nitrogen and oxygen atoms in total. The van der Waals surface area contributed by atoms with Crippen LogP contribution in [0.4, 0.5) is 0 Å². The Morgan fingerprint density at radius 2 is 1.82 bits per heavy atom. The van der Waals surface area contributed by atoms with Crippen molar-refractivity contribution in [1.29, 1.82) is 5.26 Å². The molecule has 168 valence electrons. The molecule has 0 radical (unpaired) electrons. The molecule has 0 bridgehead atoms. The van der Waals surface area contributed by atoms with E-state index in [0.29, 0.717) is 16.8 Å². The number of esters is 1. The van der Waals surface area contributed by atoms with Gasteiger partial charge in [0.2, 0.25) is 0 Å². The zero-order valence-electron chi connectivity index (χ0n) is 19.0. The maximum Gasteiger partial charge on any atom is 0.333 e. The van der Waals surface area contributed by atoms with Crippen LogP contribution in [-0.2, 0) is 14.9 Å². The van der Waals surface area contributed by atoms with Crippen LogP contribution in [0.25, 0.3) is 5.69 Å². The fourth-order valence-corrected chi connectivity index (χ4v) is 4.11. The molecule has 1 aliphatic rings. The van der Waals surface area contributed by atoms with Crippen LogP contribution in [0.3, 0.4) is 0 Å². The molecule has 1 N–H and O–H groups in total. The number of aromatic nitrogens is 2. The number of carbonyl (C=O) groups excluding carboxylic acids is 2. The third-order valence-corrected chi connectivity index (χ3v) is 6.10. The first-order valence-electron chi connectivity index (χ1n) is 11.0. The number of benzene rings is 2. The number of amides is 1. The maximum absolute atomic E-state index is 13.1. The summed E-state index contributed by atoms with van der Waals surface area (Å²) >= 11 is 0. The first-order valence-corrected chi connectivity index (χ1v) is 11.0. The lowest BCUT2D eigenvalue weighted by atomic mass is 9.96. The predicted molar refractivity (Wildman–Crippen MR) is 123 cm³/mol. The Morgan fingerprint density at radius 3 is 2.39 bits per heavy atom. The van der Waals surface area contributed by atoms with Crippen LogP contribution in [0.5, 0.6) is 0 Å². The van der Waals surface area contributed by atoms with Gasteiger partial charge in [-0.2, -0.15) is 10.4 Å². The molecule has 3 aromatic rings. The molecule has 1 aromatic heterocycles. The molecule has 1 atom stereocenters. The Hall–Kier alpha value is -3.92. The molecule has 0 spiro atoms. The predicted octanol–water partition coefficient (Wildman–Crippen LogP) is 4.08. The quantitative estimate of drug-likeness (QED) is 0.556. The van der Waals surface area contributed by atoms with Crippen molar-refractivity contribution in [2.45, 2.75) is 45.1 Å². The topological polar surface area (TPSA) is 97.0 Å². The van der Waals surface area contributed by atoms with Gasteiger partial charge in [0.1, 0.15) is 0 Å². The minimum absolute atomic E-state index is 0.195. The normalized spacial score (nSPS) is 14.7. The van der Waals surface area contributed by atoms with Gasteiger partial charge in [0.25, 0.3) is 5.91 Å². The summed E-state index contributed by atoms with van der Waals surface area (Å²) < 4.78 is 7.04. The summed E-state index contributed by atoms with van der Waals surface area (Å²) in [6.07, 6.45) is 1.67. The van der Waals surface area contributed by atoms with E-state index >= 15 is 0 Å². The van der Waals surface area contributed by atoms with Gasteiger partial charge in [0, 0.05) is 16.8 Å². The van der Waals surface area contributed by atoms with Crippen molar-refractivity contribution >= 4 is 11.9 Å². The second-order valence-electron chi connectivity index (χ2n) is 8.26. The van der Waals surface area contributed by atoms with E-state index in [-0.39, 0.29) is 6.61 Å². The van der Waals surface area contributed by atoms with Gasteiger partial charge in [-0.3, -0.25) is 4.79 Å². The third kappa shape index (κ3) is 4.24. The highest BCUT2D eigenvalue weighted by molar-refractivity contribution is 5.97. The molecule has 0 unspecified atom stereocenters. The molecular weight excluding hydrogens is 416 g/mol. The summed E-state index contributed by atoms with van der Waals surface area (Å²) in [5.41, 5.74) is 3.77. The summed E-state index contributed by atoms with van der Waals surface area (Å²) in [7, 11) is 0. The van der Waals surface area contributed by atoms with Crippen molar-refractivity contribution in [2.24, 2.45) is 0 Å². The first-order chi connectivity index (χ1) is 15.9. The van der Waals surface area contributed by atoms with Gasteiger partial charge in [-0.15, -0.1) is 0 Å². The number of aryl methyl sites for hydroxylation is 1. The van der Waals surface area contributed by atoms with Gasteiger partial charge in [0.05, 0.1) is 29.5 Å². The minimum atomic E-state index is -0.997. The highest BCUT2D eigenvalue weighted by atomic mass is 16.5. The van der Waals surface area contributed by atoms with Gasteiger partial charge in [0.15, 0.2) is 6.04 Å². The monoisotopic (exact) mass is 442 g/mol. The van der Waals surface area contributed by atoms with Crippen molar-refractivity contribution in [1.82, 2.24) is 15.1 Å². The number of hydrogen-bond donors (Lipinski definition) is 1. The molecule has 2 aromatic carbocycles. The van der Waals surface area contributed by atoms with E-state index in [1.165, 1.54) is 0 Å².